The monoisotopic (exact) mass is 264 g/mol. The molecule has 1 aliphatic rings. The van der Waals surface area contributed by atoms with Crippen molar-refractivity contribution in [2.75, 3.05) is 20.3 Å². The van der Waals surface area contributed by atoms with E-state index in [0.717, 1.165) is 6.21 Å². The molecule has 0 atom stereocenters. The smallest absolute Gasteiger partial charge is 0.169 e. The number of methoxy groups -OCH3 is 1. The third-order valence-electron chi connectivity index (χ3n) is 2.56. The summed E-state index contributed by atoms with van der Waals surface area (Å²) in [6, 6.07) is 0. The highest BCUT2D eigenvalue weighted by atomic mass is 16.5. The van der Waals surface area contributed by atoms with Crippen LogP contribution in [0.1, 0.15) is 13.8 Å². The summed E-state index contributed by atoms with van der Waals surface area (Å²) in [6.07, 6.45) is 6.25. The van der Waals surface area contributed by atoms with Crippen LogP contribution in [0, 0.1) is 11.3 Å². The van der Waals surface area contributed by atoms with Gasteiger partial charge in [0, 0.05) is 25.4 Å². The molecule has 0 aliphatic carbocycles. The maximum absolute atomic E-state index is 11.9. The molecule has 2 N–H and O–H groups in total. The third-order valence-corrected chi connectivity index (χ3v) is 2.56. The number of nitrogens with one attached hydrogen (secondary N) is 2. The first-order chi connectivity index (χ1) is 9.10. The Hall–Kier alpha value is -1.88. The van der Waals surface area contributed by atoms with E-state index in [9.17, 15) is 4.79 Å². The van der Waals surface area contributed by atoms with Crippen molar-refractivity contribution >= 4 is 12.0 Å². The molecule has 0 saturated heterocycles. The molecule has 0 fully saturated rings. The van der Waals surface area contributed by atoms with Crippen LogP contribution in [-0.4, -0.2) is 32.3 Å². The Morgan fingerprint density at radius 2 is 2.16 bits per heavy atom. The second kappa shape index (κ2) is 7.53. The number of allylic oxidation sites excluding steroid dienone is 3. The lowest BCUT2D eigenvalue weighted by Crippen LogP contribution is -2.20. The molecule has 0 aromatic carbocycles. The highest BCUT2D eigenvalue weighted by Crippen LogP contribution is 2.14. The first-order valence-electron chi connectivity index (χ1n) is 6.15. The van der Waals surface area contributed by atoms with E-state index in [0.29, 0.717) is 30.2 Å². The van der Waals surface area contributed by atoms with Gasteiger partial charge in [-0.05, 0) is 12.2 Å². The quantitative estimate of drug-likeness (QED) is 0.418. The van der Waals surface area contributed by atoms with Crippen molar-refractivity contribution in [2.24, 2.45) is 5.92 Å². The molecule has 0 spiro atoms. The molecule has 5 heteroatoms. The van der Waals surface area contributed by atoms with Crippen LogP contribution in [0.15, 0.2) is 35.4 Å². The molecule has 1 aliphatic heterocycles. The van der Waals surface area contributed by atoms with Crippen molar-refractivity contribution < 1.29 is 14.3 Å². The van der Waals surface area contributed by atoms with Crippen LogP contribution in [0.25, 0.3) is 0 Å². The fourth-order valence-corrected chi connectivity index (χ4v) is 1.50. The van der Waals surface area contributed by atoms with Crippen molar-refractivity contribution in [3.8, 4) is 0 Å². The van der Waals surface area contributed by atoms with E-state index in [1.165, 1.54) is 0 Å². The number of carbonyl (C=O) groups is 1. The number of carbonyl (C=O) groups excluding carboxylic acids is 1. The van der Waals surface area contributed by atoms with Crippen molar-refractivity contribution in [1.82, 2.24) is 5.32 Å². The molecule has 0 unspecified atom stereocenters. The summed E-state index contributed by atoms with van der Waals surface area (Å²) >= 11 is 0. The highest BCUT2D eigenvalue weighted by Gasteiger charge is 2.16. The lowest BCUT2D eigenvalue weighted by atomic mass is 9.99. The predicted octanol–water partition coefficient (Wildman–Crippen LogP) is 1.78. The molecule has 19 heavy (non-hydrogen) atoms. The minimum Gasteiger partial charge on any atom is -0.490 e. The van der Waals surface area contributed by atoms with Crippen LogP contribution in [0.5, 0.6) is 0 Å². The zero-order chi connectivity index (χ0) is 14.3. The molecule has 0 aromatic rings. The van der Waals surface area contributed by atoms with Gasteiger partial charge in [0.1, 0.15) is 12.4 Å². The van der Waals surface area contributed by atoms with E-state index in [2.05, 4.69) is 5.32 Å². The van der Waals surface area contributed by atoms with Crippen molar-refractivity contribution in [1.29, 1.82) is 5.41 Å². The van der Waals surface area contributed by atoms with E-state index >= 15 is 0 Å². The molecular formula is C14H20N2O3. The standard InChI is InChI=1S/C14H20N2O3/c1-10(2)14(17)12(8-15)13-5-4-11(9-16-13)19-7-6-18-3/h4-5,8-10,15-16H,6-7H2,1-3H3/b13-12+,15-8?. The Labute approximate surface area is 113 Å². The fraction of sp³-hybridized carbons (Fsp3) is 0.429. The molecule has 0 aromatic heterocycles. The number of dihydropyridines is 1. The summed E-state index contributed by atoms with van der Waals surface area (Å²) in [5.41, 5.74) is 0.992. The number of ether oxygens (including phenoxy) is 2. The number of ketones is 1. The Morgan fingerprint density at radius 1 is 1.42 bits per heavy atom. The summed E-state index contributed by atoms with van der Waals surface area (Å²) in [7, 11) is 1.61. The van der Waals surface area contributed by atoms with Gasteiger partial charge >= 0.3 is 0 Å². The molecule has 1 rings (SSSR count). The average Bonchev–Trinajstić information content (AvgIpc) is 2.41. The number of hydrogen-bond donors (Lipinski definition) is 2. The minimum atomic E-state index is -0.136. The zero-order valence-corrected chi connectivity index (χ0v) is 11.5. The Balaban J connectivity index is 2.72. The van der Waals surface area contributed by atoms with E-state index in [1.807, 2.05) is 13.8 Å². The molecule has 0 bridgehead atoms. The van der Waals surface area contributed by atoms with Gasteiger partial charge in [0.25, 0.3) is 0 Å². The van der Waals surface area contributed by atoms with Gasteiger partial charge in [-0.2, -0.15) is 0 Å². The fourth-order valence-electron chi connectivity index (χ4n) is 1.50. The summed E-state index contributed by atoms with van der Waals surface area (Å²) in [5, 5.41) is 10.3. The van der Waals surface area contributed by atoms with Crippen LogP contribution < -0.4 is 5.32 Å². The van der Waals surface area contributed by atoms with Gasteiger partial charge in [-0.25, -0.2) is 0 Å². The van der Waals surface area contributed by atoms with E-state index in [4.69, 9.17) is 14.9 Å². The molecule has 0 amide bonds. The lowest BCUT2D eigenvalue weighted by Gasteiger charge is -2.15. The highest BCUT2D eigenvalue weighted by molar-refractivity contribution is 6.14. The second-order valence-electron chi connectivity index (χ2n) is 4.36. The molecule has 0 radical (unpaired) electrons. The molecule has 5 nitrogen and oxygen atoms in total. The van der Waals surface area contributed by atoms with Crippen molar-refractivity contribution in [2.45, 2.75) is 13.8 Å². The second-order valence-corrected chi connectivity index (χ2v) is 4.36. The van der Waals surface area contributed by atoms with Crippen molar-refractivity contribution in [3.63, 3.8) is 0 Å². The lowest BCUT2D eigenvalue weighted by molar-refractivity contribution is -0.117. The van der Waals surface area contributed by atoms with Crippen LogP contribution in [0.2, 0.25) is 0 Å². The third kappa shape index (κ3) is 4.37. The summed E-state index contributed by atoms with van der Waals surface area (Å²) in [6.45, 7) is 4.61. The van der Waals surface area contributed by atoms with E-state index in [1.54, 1.807) is 25.5 Å². The Bertz CT molecular complexity index is 434. The predicted molar refractivity (Wildman–Crippen MR) is 73.8 cm³/mol. The molecule has 104 valence electrons. The van der Waals surface area contributed by atoms with Crippen LogP contribution >= 0.6 is 0 Å². The van der Waals surface area contributed by atoms with Gasteiger partial charge in [0.15, 0.2) is 5.78 Å². The van der Waals surface area contributed by atoms with E-state index in [-0.39, 0.29) is 11.7 Å². The summed E-state index contributed by atoms with van der Waals surface area (Å²) in [5.74, 6) is 0.476. The first kappa shape index (κ1) is 15.2. The van der Waals surface area contributed by atoms with Gasteiger partial charge < -0.3 is 20.2 Å². The van der Waals surface area contributed by atoms with Gasteiger partial charge in [-0.1, -0.05) is 13.8 Å². The summed E-state index contributed by atoms with van der Waals surface area (Å²) in [4.78, 5) is 11.9. The SMILES string of the molecule is COCCOC1=CN/C(=C(\C=N)C(=O)C(C)C)C=C1. The molecular weight excluding hydrogens is 244 g/mol. The average molecular weight is 264 g/mol. The first-order valence-corrected chi connectivity index (χ1v) is 6.15. The van der Waals surface area contributed by atoms with Gasteiger partial charge in [-0.3, -0.25) is 4.79 Å². The zero-order valence-electron chi connectivity index (χ0n) is 11.5. The maximum atomic E-state index is 11.9. The number of hydrogen-bond acceptors (Lipinski definition) is 5. The van der Waals surface area contributed by atoms with Crippen LogP contribution in [0.3, 0.4) is 0 Å². The maximum Gasteiger partial charge on any atom is 0.169 e. The summed E-state index contributed by atoms with van der Waals surface area (Å²) < 4.78 is 10.3. The minimum absolute atomic E-state index is 0.0562. The van der Waals surface area contributed by atoms with Gasteiger partial charge in [0.2, 0.25) is 0 Å². The molecule has 1 heterocycles. The van der Waals surface area contributed by atoms with Crippen LogP contribution in [0.4, 0.5) is 0 Å². The van der Waals surface area contributed by atoms with Gasteiger partial charge in [-0.15, -0.1) is 0 Å². The molecule has 0 saturated carbocycles. The number of rotatable bonds is 7. The van der Waals surface area contributed by atoms with Crippen LogP contribution in [-0.2, 0) is 14.3 Å². The van der Waals surface area contributed by atoms with E-state index < -0.39 is 0 Å². The Kier molecular flexibility index (Phi) is 6.02. The number of Topliss-reactive ketones (excluding diaryl/α,β-unsaturated/α-hetero) is 1. The Morgan fingerprint density at radius 3 is 2.63 bits per heavy atom. The van der Waals surface area contributed by atoms with Gasteiger partial charge in [0.05, 0.1) is 17.9 Å². The largest absolute Gasteiger partial charge is 0.490 e. The normalized spacial score (nSPS) is 16.7. The topological polar surface area (TPSA) is 71.4 Å². The van der Waals surface area contributed by atoms with Crippen molar-refractivity contribution in [3.05, 3.63) is 35.4 Å².